The van der Waals surface area contributed by atoms with Crippen molar-refractivity contribution in [3.05, 3.63) is 69.5 Å². The van der Waals surface area contributed by atoms with Crippen LogP contribution in [0.3, 0.4) is 0 Å². The Morgan fingerprint density at radius 1 is 1.04 bits per heavy atom. The van der Waals surface area contributed by atoms with E-state index >= 15 is 0 Å². The van der Waals surface area contributed by atoms with E-state index in [0.717, 1.165) is 16.8 Å². The topological polar surface area (TPSA) is 60.3 Å². The summed E-state index contributed by atoms with van der Waals surface area (Å²) in [4.78, 5) is 24.7. The third kappa shape index (κ3) is 3.19. The van der Waals surface area contributed by atoms with Gasteiger partial charge in [0.1, 0.15) is 17.2 Å². The van der Waals surface area contributed by atoms with E-state index in [1.807, 2.05) is 0 Å². The van der Waals surface area contributed by atoms with Crippen molar-refractivity contribution in [3.8, 4) is 5.69 Å². The van der Waals surface area contributed by atoms with Gasteiger partial charge < -0.3 is 14.6 Å². The lowest BCUT2D eigenvalue weighted by Crippen LogP contribution is -2.21. The Morgan fingerprint density at radius 3 is 2.36 bits per heavy atom. The molecule has 0 saturated carbocycles. The van der Waals surface area contributed by atoms with E-state index < -0.39 is 40.2 Å². The van der Waals surface area contributed by atoms with Crippen molar-refractivity contribution in [3.63, 3.8) is 0 Å². The molecule has 0 unspecified atom stereocenters. The van der Waals surface area contributed by atoms with Gasteiger partial charge >= 0.3 is 5.97 Å². The first-order valence-electron chi connectivity index (χ1n) is 8.17. The van der Waals surface area contributed by atoms with Crippen molar-refractivity contribution in [2.24, 2.45) is 0 Å². The van der Waals surface area contributed by atoms with E-state index in [1.54, 1.807) is 0 Å². The molecule has 0 fully saturated rings. The number of carbonyl (C=O) groups is 1. The average Bonchev–Trinajstić information content (AvgIpc) is 2.64. The molecule has 28 heavy (non-hydrogen) atoms. The maximum Gasteiger partial charge on any atom is 0.343 e. The van der Waals surface area contributed by atoms with Crippen molar-refractivity contribution in [1.29, 1.82) is 0 Å². The van der Waals surface area contributed by atoms with Crippen molar-refractivity contribution >= 4 is 22.6 Å². The Hall–Kier alpha value is -3.36. The molecule has 5 nitrogen and oxygen atoms in total. The van der Waals surface area contributed by atoms with Crippen LogP contribution < -0.4 is 10.7 Å². The van der Waals surface area contributed by atoms with Gasteiger partial charge in [0.2, 0.25) is 5.43 Å². The summed E-state index contributed by atoms with van der Waals surface area (Å²) in [6.07, 6.45) is 0.954. The van der Waals surface area contributed by atoms with Gasteiger partial charge in [-0.2, -0.15) is 0 Å². The minimum absolute atomic E-state index is 0.0388. The fraction of sp³-hybridized carbons (Fsp3) is 0.158. The van der Waals surface area contributed by atoms with Crippen LogP contribution in [0.4, 0.5) is 23.2 Å². The number of nitrogens with zero attached hydrogens (tertiary/aromatic N) is 1. The van der Waals surface area contributed by atoms with E-state index in [9.17, 15) is 27.2 Å². The SMILES string of the molecule is CCOC(=O)c1cn(-c2cc(NC)c(F)cc2F)c2cc(F)c(F)cc2c1=O. The molecule has 9 heteroatoms. The molecule has 0 aliphatic rings. The first-order chi connectivity index (χ1) is 13.3. The molecule has 0 aliphatic carbocycles. The number of carbonyl (C=O) groups excluding carboxylic acids is 1. The third-order valence-electron chi connectivity index (χ3n) is 4.11. The quantitative estimate of drug-likeness (QED) is 0.541. The van der Waals surface area contributed by atoms with Crippen molar-refractivity contribution < 1.29 is 27.1 Å². The monoisotopic (exact) mass is 394 g/mol. The highest BCUT2D eigenvalue weighted by Gasteiger charge is 2.21. The summed E-state index contributed by atoms with van der Waals surface area (Å²) in [6, 6.07) is 2.98. The molecule has 0 radical (unpaired) electrons. The summed E-state index contributed by atoms with van der Waals surface area (Å²) in [6.45, 7) is 1.48. The smallest absolute Gasteiger partial charge is 0.343 e. The molecule has 0 aliphatic heterocycles. The second-order valence-electron chi connectivity index (χ2n) is 5.78. The van der Waals surface area contributed by atoms with Gasteiger partial charge in [0.25, 0.3) is 0 Å². The second kappa shape index (κ2) is 7.34. The number of ether oxygens (including phenoxy) is 1. The summed E-state index contributed by atoms with van der Waals surface area (Å²) in [5.41, 5.74) is -1.98. The number of nitrogens with one attached hydrogen (secondary N) is 1. The minimum Gasteiger partial charge on any atom is -0.462 e. The summed E-state index contributed by atoms with van der Waals surface area (Å²) in [7, 11) is 1.41. The number of pyridine rings is 1. The van der Waals surface area contributed by atoms with Crippen LogP contribution in [-0.2, 0) is 4.74 Å². The van der Waals surface area contributed by atoms with Crippen molar-refractivity contribution in [2.75, 3.05) is 19.0 Å². The van der Waals surface area contributed by atoms with Gasteiger partial charge in [-0.3, -0.25) is 4.79 Å². The number of halogens is 4. The van der Waals surface area contributed by atoms with Crippen LogP contribution in [0.2, 0.25) is 0 Å². The molecule has 2 aromatic carbocycles. The highest BCUT2D eigenvalue weighted by atomic mass is 19.2. The van der Waals surface area contributed by atoms with Gasteiger partial charge in [0.05, 0.1) is 28.9 Å². The Morgan fingerprint density at radius 2 is 1.71 bits per heavy atom. The van der Waals surface area contributed by atoms with Gasteiger partial charge in [-0.05, 0) is 19.1 Å². The van der Waals surface area contributed by atoms with Crippen LogP contribution in [0, 0.1) is 23.3 Å². The molecule has 146 valence electrons. The molecule has 0 spiro atoms. The molecule has 0 bridgehead atoms. The Kier molecular flexibility index (Phi) is 5.08. The maximum atomic E-state index is 14.5. The van der Waals surface area contributed by atoms with E-state index in [0.29, 0.717) is 18.2 Å². The van der Waals surface area contributed by atoms with Crippen LogP contribution in [-0.4, -0.2) is 24.2 Å². The molecular formula is C19H14F4N2O3. The van der Waals surface area contributed by atoms with Crippen molar-refractivity contribution in [1.82, 2.24) is 4.57 Å². The van der Waals surface area contributed by atoms with Crippen LogP contribution in [0.15, 0.2) is 35.3 Å². The fourth-order valence-corrected chi connectivity index (χ4v) is 2.79. The minimum atomic E-state index is -1.31. The van der Waals surface area contributed by atoms with Gasteiger partial charge in [0.15, 0.2) is 11.6 Å². The molecule has 1 aromatic heterocycles. The Balaban J connectivity index is 2.45. The summed E-state index contributed by atoms with van der Waals surface area (Å²) >= 11 is 0. The molecule has 3 aromatic rings. The first kappa shape index (κ1) is 19.4. The van der Waals surface area contributed by atoms with Gasteiger partial charge in [-0.25, -0.2) is 22.4 Å². The van der Waals surface area contributed by atoms with Crippen LogP contribution in [0.5, 0.6) is 0 Å². The first-order valence-corrected chi connectivity index (χ1v) is 8.17. The number of anilines is 1. The predicted molar refractivity (Wildman–Crippen MR) is 94.9 cm³/mol. The average molecular weight is 394 g/mol. The molecule has 0 atom stereocenters. The Bertz CT molecular complexity index is 1160. The lowest BCUT2D eigenvalue weighted by molar-refractivity contribution is 0.0524. The number of fused-ring (bicyclic) bond motifs is 1. The van der Waals surface area contributed by atoms with E-state index in [-0.39, 0.29) is 28.9 Å². The number of benzene rings is 2. The molecule has 0 saturated heterocycles. The van der Waals surface area contributed by atoms with Gasteiger partial charge in [-0.1, -0.05) is 0 Å². The maximum absolute atomic E-state index is 14.5. The number of hydrogen-bond acceptors (Lipinski definition) is 4. The molecule has 1 N–H and O–H groups in total. The number of rotatable bonds is 4. The van der Waals surface area contributed by atoms with Crippen LogP contribution >= 0.6 is 0 Å². The summed E-state index contributed by atoms with van der Waals surface area (Å²) in [5.74, 6) is -5.52. The predicted octanol–water partition coefficient (Wildman–Crippen LogP) is 3.77. The molecule has 0 amide bonds. The fourth-order valence-electron chi connectivity index (χ4n) is 2.79. The standard InChI is InChI=1S/C19H14F4N2O3/c1-3-28-19(27)10-8-25(17-7-15(24-2)13(22)5-14(17)23)16-6-12(21)11(20)4-9(16)18(10)26/h4-8,24H,3H2,1-2H3. The molecular weight excluding hydrogens is 380 g/mol. The largest absolute Gasteiger partial charge is 0.462 e. The zero-order valence-electron chi connectivity index (χ0n) is 14.8. The lowest BCUT2D eigenvalue weighted by atomic mass is 10.1. The second-order valence-corrected chi connectivity index (χ2v) is 5.78. The van der Waals surface area contributed by atoms with Crippen molar-refractivity contribution in [2.45, 2.75) is 6.92 Å². The molecule has 1 heterocycles. The molecule has 3 rings (SSSR count). The summed E-state index contributed by atoms with van der Waals surface area (Å²) < 4.78 is 61.6. The zero-order valence-corrected chi connectivity index (χ0v) is 14.8. The third-order valence-corrected chi connectivity index (χ3v) is 4.11. The van der Waals surface area contributed by atoms with E-state index in [1.165, 1.54) is 14.0 Å². The lowest BCUT2D eigenvalue weighted by Gasteiger charge is -2.16. The van der Waals surface area contributed by atoms with Gasteiger partial charge in [-0.15, -0.1) is 0 Å². The number of esters is 1. The normalized spacial score (nSPS) is 10.9. The number of hydrogen-bond donors (Lipinski definition) is 1. The summed E-state index contributed by atoms with van der Waals surface area (Å²) in [5, 5.41) is 2.17. The highest BCUT2D eigenvalue weighted by Crippen LogP contribution is 2.26. The van der Waals surface area contributed by atoms with E-state index in [2.05, 4.69) is 5.32 Å². The van der Waals surface area contributed by atoms with Crippen LogP contribution in [0.1, 0.15) is 17.3 Å². The number of aromatic nitrogens is 1. The highest BCUT2D eigenvalue weighted by molar-refractivity contribution is 5.94. The van der Waals surface area contributed by atoms with Gasteiger partial charge in [0, 0.05) is 25.4 Å². The Labute approximate surface area is 156 Å². The van der Waals surface area contributed by atoms with E-state index in [4.69, 9.17) is 4.74 Å². The zero-order chi connectivity index (χ0) is 20.6. The van der Waals surface area contributed by atoms with Crippen LogP contribution in [0.25, 0.3) is 16.6 Å².